The summed E-state index contributed by atoms with van der Waals surface area (Å²) in [6.45, 7) is 0. The molecule has 0 heterocycles. The minimum Gasteiger partial charge on any atom is -0.371 e. The predicted octanol–water partition coefficient (Wildman–Crippen LogP) is 5.44. The number of anilines is 1. The Bertz CT molecular complexity index is 897. The molecule has 0 spiro atoms. The summed E-state index contributed by atoms with van der Waals surface area (Å²) >= 11 is 5.60. The second-order valence-electron chi connectivity index (χ2n) is 5.30. The van der Waals surface area contributed by atoms with Crippen molar-refractivity contribution >= 4 is 36.3 Å². The summed E-state index contributed by atoms with van der Waals surface area (Å²) in [5.74, 6) is 0. The first-order valence-electron chi connectivity index (χ1n) is 7.07. The first-order valence-corrected chi connectivity index (χ1v) is 9.03. The van der Waals surface area contributed by atoms with E-state index in [1.807, 2.05) is 0 Å². The van der Waals surface area contributed by atoms with E-state index in [0.717, 1.165) is 12.1 Å². The molecule has 0 aliphatic carbocycles. The molecule has 1 amide bonds. The molecule has 28 heavy (non-hydrogen) atoms. The van der Waals surface area contributed by atoms with Crippen LogP contribution in [0.5, 0.6) is 0 Å². The Kier molecular flexibility index (Phi) is 6.03. The van der Waals surface area contributed by atoms with Crippen LogP contribution in [0.1, 0.15) is 11.1 Å². The van der Waals surface area contributed by atoms with Crippen LogP contribution in [0.2, 0.25) is 5.02 Å². The highest BCUT2D eigenvalue weighted by molar-refractivity contribution is 7.61. The van der Waals surface area contributed by atoms with Crippen LogP contribution in [-0.2, 0) is 21.4 Å². The number of amides is 1. The number of alkyl halides is 6. The quantitative estimate of drug-likeness (QED) is 0.485. The van der Waals surface area contributed by atoms with Gasteiger partial charge in [0.05, 0.1) is 16.4 Å². The van der Waals surface area contributed by atoms with Gasteiger partial charge in [-0.2, -0.15) is 26.3 Å². The fourth-order valence-electron chi connectivity index (χ4n) is 1.96. The molecule has 0 aromatic heterocycles. The van der Waals surface area contributed by atoms with E-state index >= 15 is 0 Å². The highest BCUT2D eigenvalue weighted by Gasteiger charge is 2.37. The van der Waals surface area contributed by atoms with Gasteiger partial charge in [-0.3, -0.25) is 5.32 Å². The molecule has 5 nitrogen and oxygen atoms in total. The maximum atomic E-state index is 12.8. The van der Waals surface area contributed by atoms with Gasteiger partial charge in [-0.05, 0) is 42.5 Å². The number of rotatable bonds is 3. The Balaban J connectivity index is 2.27. The van der Waals surface area contributed by atoms with Crippen LogP contribution in [-0.4, -0.2) is 11.0 Å². The van der Waals surface area contributed by atoms with Crippen LogP contribution in [0.15, 0.2) is 42.5 Å². The SMILES string of the molecule is O=C(Nc1cc(C(F)(F)F)cc(C(F)(F)F)c1)OP(=O)(O)c1ccc(Cl)cc1. The Morgan fingerprint density at radius 3 is 1.86 bits per heavy atom. The van der Waals surface area contributed by atoms with E-state index < -0.39 is 42.9 Å². The third kappa shape index (κ3) is 5.63. The first kappa shape index (κ1) is 22.1. The van der Waals surface area contributed by atoms with Crippen LogP contribution >= 0.6 is 19.2 Å². The van der Waals surface area contributed by atoms with E-state index in [1.165, 1.54) is 12.1 Å². The fourth-order valence-corrected chi connectivity index (χ4v) is 2.99. The van der Waals surface area contributed by atoms with E-state index in [0.29, 0.717) is 0 Å². The molecule has 2 aromatic carbocycles. The van der Waals surface area contributed by atoms with Crippen molar-refractivity contribution in [3.05, 3.63) is 58.6 Å². The second-order valence-corrected chi connectivity index (χ2v) is 7.47. The minimum absolute atomic E-state index is 0.138. The maximum absolute atomic E-state index is 12.8. The van der Waals surface area contributed by atoms with Crippen LogP contribution in [0, 0.1) is 0 Å². The zero-order valence-corrected chi connectivity index (χ0v) is 15.0. The monoisotopic (exact) mass is 447 g/mol. The van der Waals surface area contributed by atoms with Crippen molar-refractivity contribution in [3.63, 3.8) is 0 Å². The molecule has 2 rings (SSSR count). The lowest BCUT2D eigenvalue weighted by Gasteiger charge is -2.16. The molecule has 152 valence electrons. The molecule has 0 saturated heterocycles. The van der Waals surface area contributed by atoms with E-state index in [4.69, 9.17) is 11.6 Å². The van der Waals surface area contributed by atoms with E-state index in [2.05, 4.69) is 4.52 Å². The van der Waals surface area contributed by atoms with Gasteiger partial charge >= 0.3 is 26.0 Å². The van der Waals surface area contributed by atoms with Crippen molar-refractivity contribution < 1.29 is 45.1 Å². The lowest BCUT2D eigenvalue weighted by molar-refractivity contribution is -0.143. The Labute approximate surface area is 158 Å². The lowest BCUT2D eigenvalue weighted by atomic mass is 10.1. The van der Waals surface area contributed by atoms with Crippen LogP contribution in [0.4, 0.5) is 36.8 Å². The van der Waals surface area contributed by atoms with E-state index in [1.54, 1.807) is 5.32 Å². The number of hydrogen-bond donors (Lipinski definition) is 2. The molecule has 0 aliphatic heterocycles. The van der Waals surface area contributed by atoms with Crippen molar-refractivity contribution in [3.8, 4) is 0 Å². The lowest BCUT2D eigenvalue weighted by Crippen LogP contribution is -2.18. The summed E-state index contributed by atoms with van der Waals surface area (Å²) < 4.78 is 93.1. The highest BCUT2D eigenvalue weighted by atomic mass is 35.5. The summed E-state index contributed by atoms with van der Waals surface area (Å²) in [5, 5.41) is 1.42. The minimum atomic E-state index is -5.13. The number of carbonyl (C=O) groups excluding carboxylic acids is 1. The molecular weight excluding hydrogens is 439 g/mol. The Hall–Kier alpha value is -2.23. The molecule has 0 aliphatic rings. The topological polar surface area (TPSA) is 75.6 Å². The number of benzene rings is 2. The van der Waals surface area contributed by atoms with E-state index in [9.17, 15) is 40.6 Å². The summed E-state index contributed by atoms with van der Waals surface area (Å²) in [4.78, 5) is 21.5. The molecule has 2 N–H and O–H groups in total. The smallest absolute Gasteiger partial charge is 0.371 e. The van der Waals surface area contributed by atoms with Gasteiger partial charge in [0, 0.05) is 10.7 Å². The molecule has 2 aromatic rings. The van der Waals surface area contributed by atoms with E-state index in [-0.39, 0.29) is 28.5 Å². The molecule has 13 heteroatoms. The summed E-state index contributed by atoms with van der Waals surface area (Å²) in [5.41, 5.74) is -4.28. The van der Waals surface area contributed by atoms with Gasteiger partial charge in [0.1, 0.15) is 0 Å². The number of carbonyl (C=O) groups is 1. The largest absolute Gasteiger partial charge is 0.418 e. The van der Waals surface area contributed by atoms with Gasteiger partial charge in [0.15, 0.2) is 0 Å². The number of nitrogens with one attached hydrogen (secondary N) is 1. The summed E-state index contributed by atoms with van der Waals surface area (Å²) in [6.07, 6.45) is -12.0. The highest BCUT2D eigenvalue weighted by Crippen LogP contribution is 2.42. The normalized spacial score (nSPS) is 14.3. The fraction of sp³-hybridized carbons (Fsp3) is 0.133. The van der Waals surface area contributed by atoms with Crippen LogP contribution < -0.4 is 10.6 Å². The van der Waals surface area contributed by atoms with Gasteiger partial charge in [-0.15, -0.1) is 0 Å². The molecule has 0 fully saturated rings. The van der Waals surface area contributed by atoms with Crippen molar-refractivity contribution in [2.45, 2.75) is 12.4 Å². The van der Waals surface area contributed by atoms with Crippen molar-refractivity contribution in [2.75, 3.05) is 5.32 Å². The zero-order valence-electron chi connectivity index (χ0n) is 13.3. The van der Waals surface area contributed by atoms with Gasteiger partial charge in [0.2, 0.25) is 0 Å². The third-order valence-corrected chi connectivity index (χ3v) is 4.81. The van der Waals surface area contributed by atoms with Crippen LogP contribution in [0.25, 0.3) is 0 Å². The molecular formula is C15H9ClF6NO4P. The van der Waals surface area contributed by atoms with Crippen molar-refractivity contribution in [1.82, 2.24) is 0 Å². The third-order valence-electron chi connectivity index (χ3n) is 3.19. The summed E-state index contributed by atoms with van der Waals surface area (Å²) in [7, 11) is -4.76. The Morgan fingerprint density at radius 1 is 0.964 bits per heavy atom. The molecule has 0 saturated carbocycles. The molecule has 1 atom stereocenters. The predicted molar refractivity (Wildman–Crippen MR) is 87.5 cm³/mol. The Morgan fingerprint density at radius 2 is 1.43 bits per heavy atom. The second kappa shape index (κ2) is 7.65. The van der Waals surface area contributed by atoms with Crippen molar-refractivity contribution in [1.29, 1.82) is 0 Å². The van der Waals surface area contributed by atoms with Gasteiger partial charge in [-0.1, -0.05) is 11.6 Å². The number of halogens is 7. The average molecular weight is 448 g/mol. The first-order chi connectivity index (χ1) is 12.7. The van der Waals surface area contributed by atoms with Gasteiger partial charge in [-0.25, -0.2) is 9.36 Å². The maximum Gasteiger partial charge on any atom is 0.418 e. The number of hydrogen-bond acceptors (Lipinski definition) is 3. The van der Waals surface area contributed by atoms with Gasteiger partial charge < -0.3 is 9.42 Å². The standard InChI is InChI=1S/C15H9ClF6NO4P/c16-10-1-3-12(4-2-10)28(25,26)27-13(24)23-11-6-8(14(17,18)19)5-9(7-11)15(20,21)22/h1-7H,(H,23,24)(H,25,26). The summed E-state index contributed by atoms with van der Waals surface area (Å²) in [6, 6.07) is 4.85. The molecule has 0 bridgehead atoms. The van der Waals surface area contributed by atoms with Gasteiger partial charge in [0.25, 0.3) is 0 Å². The average Bonchev–Trinajstić information content (AvgIpc) is 2.52. The zero-order chi connectivity index (χ0) is 21.3. The molecule has 0 radical (unpaired) electrons. The van der Waals surface area contributed by atoms with Crippen LogP contribution in [0.3, 0.4) is 0 Å². The van der Waals surface area contributed by atoms with Crippen molar-refractivity contribution in [2.24, 2.45) is 0 Å². The molecule has 1 unspecified atom stereocenters.